The summed E-state index contributed by atoms with van der Waals surface area (Å²) < 4.78 is 28.9. The number of rotatable bonds is 10. The van der Waals surface area contributed by atoms with Gasteiger partial charge in [0.05, 0.1) is 10.6 Å². The normalized spacial score (nSPS) is 14.5. The highest BCUT2D eigenvalue weighted by molar-refractivity contribution is 7.92. The highest BCUT2D eigenvalue weighted by Crippen LogP contribution is 2.29. The molecule has 0 heterocycles. The molecule has 218 valence electrons. The monoisotopic (exact) mass is 615 g/mol. The number of nitrogens with zero attached hydrogens (tertiary/aromatic N) is 2. The molecule has 0 saturated heterocycles. The summed E-state index contributed by atoms with van der Waals surface area (Å²) in [5.74, 6) is -0.799. The minimum Gasteiger partial charge on any atom is -0.352 e. The first-order chi connectivity index (χ1) is 19.5. The molecule has 1 saturated carbocycles. The number of hydrogen-bond donors (Lipinski definition) is 1. The summed E-state index contributed by atoms with van der Waals surface area (Å²) in [7, 11) is -4.16. The fraction of sp³-hybridized carbons (Fsp3) is 0.355. The molecule has 1 aliphatic carbocycles. The van der Waals surface area contributed by atoms with Crippen LogP contribution in [0, 0.1) is 13.8 Å². The van der Waals surface area contributed by atoms with E-state index >= 15 is 0 Å². The zero-order valence-corrected chi connectivity index (χ0v) is 25.8. The van der Waals surface area contributed by atoms with Crippen LogP contribution in [0.5, 0.6) is 0 Å². The molecular formula is C31H35Cl2N3O4S. The van der Waals surface area contributed by atoms with Crippen LogP contribution >= 0.6 is 23.2 Å². The van der Waals surface area contributed by atoms with E-state index < -0.39 is 28.5 Å². The summed E-state index contributed by atoms with van der Waals surface area (Å²) in [6.45, 7) is 4.92. The van der Waals surface area contributed by atoms with Crippen LogP contribution in [0.25, 0.3) is 0 Å². The number of sulfonamides is 1. The number of carbonyl (C=O) groups excluding carboxylic acids is 2. The first kappa shape index (κ1) is 30.9. The summed E-state index contributed by atoms with van der Waals surface area (Å²) in [5.41, 5.74) is 2.69. The van der Waals surface area contributed by atoms with Crippen molar-refractivity contribution in [1.29, 1.82) is 0 Å². The number of aryl methyl sites for hydroxylation is 2. The van der Waals surface area contributed by atoms with E-state index in [1.54, 1.807) is 55.5 Å². The Morgan fingerprint density at radius 2 is 1.59 bits per heavy atom. The van der Waals surface area contributed by atoms with Crippen molar-refractivity contribution in [3.63, 3.8) is 0 Å². The molecule has 3 aromatic rings. The van der Waals surface area contributed by atoms with Gasteiger partial charge in [-0.25, -0.2) is 8.42 Å². The number of anilines is 1. The molecule has 0 aromatic heterocycles. The first-order valence-corrected chi connectivity index (χ1v) is 15.8. The number of amides is 2. The third-order valence-corrected chi connectivity index (χ3v) is 9.91. The summed E-state index contributed by atoms with van der Waals surface area (Å²) >= 11 is 12.5. The molecule has 3 aromatic carbocycles. The fourth-order valence-corrected chi connectivity index (χ4v) is 6.57. The van der Waals surface area contributed by atoms with Crippen molar-refractivity contribution in [2.45, 2.75) is 70.0 Å². The van der Waals surface area contributed by atoms with Crippen LogP contribution in [0.2, 0.25) is 10.0 Å². The zero-order chi connectivity index (χ0) is 29.7. The van der Waals surface area contributed by atoms with Gasteiger partial charge in [0.15, 0.2) is 0 Å². The van der Waals surface area contributed by atoms with Crippen molar-refractivity contribution in [1.82, 2.24) is 10.2 Å². The molecule has 2 amide bonds. The van der Waals surface area contributed by atoms with E-state index in [2.05, 4.69) is 5.32 Å². The topological polar surface area (TPSA) is 86.8 Å². The van der Waals surface area contributed by atoms with Gasteiger partial charge in [-0.1, -0.05) is 71.9 Å². The maximum atomic E-state index is 14.0. The van der Waals surface area contributed by atoms with Gasteiger partial charge in [-0.3, -0.25) is 13.9 Å². The molecule has 4 rings (SSSR count). The molecule has 1 fully saturated rings. The number of halogens is 2. The van der Waals surface area contributed by atoms with Crippen LogP contribution in [0.4, 0.5) is 5.69 Å². The molecular weight excluding hydrogens is 581 g/mol. The van der Waals surface area contributed by atoms with Crippen molar-refractivity contribution < 1.29 is 18.0 Å². The molecule has 0 aliphatic heterocycles. The van der Waals surface area contributed by atoms with Gasteiger partial charge in [-0.15, -0.1) is 0 Å². The predicted octanol–water partition coefficient (Wildman–Crippen LogP) is 6.28. The Balaban J connectivity index is 1.70. The Bertz CT molecular complexity index is 1490. The third kappa shape index (κ3) is 7.61. The lowest BCUT2D eigenvalue weighted by atomic mass is 10.1. The largest absolute Gasteiger partial charge is 0.352 e. The van der Waals surface area contributed by atoms with Gasteiger partial charge in [-0.2, -0.15) is 0 Å². The van der Waals surface area contributed by atoms with Crippen LogP contribution in [-0.4, -0.2) is 43.8 Å². The van der Waals surface area contributed by atoms with Crippen molar-refractivity contribution >= 4 is 50.7 Å². The molecule has 1 aliphatic rings. The third-order valence-electron chi connectivity index (χ3n) is 7.47. The number of hydrogen-bond acceptors (Lipinski definition) is 4. The molecule has 0 radical (unpaired) electrons. The summed E-state index contributed by atoms with van der Waals surface area (Å²) in [5, 5.41) is 3.99. The Labute approximate surface area is 252 Å². The standard InChI is InChI=1S/C31H35Cl2N3O4S/c1-21-8-16-28(17-9-21)41(39,40)36(27-15-10-22(2)29(33)18-27)20-30(37)35(19-24-11-13-25(32)14-12-24)23(3)31(38)34-26-6-4-5-7-26/h8-18,23,26H,4-7,19-20H2,1-3H3,(H,34,38). The van der Waals surface area contributed by atoms with Gasteiger partial charge in [0.2, 0.25) is 11.8 Å². The molecule has 0 spiro atoms. The smallest absolute Gasteiger partial charge is 0.264 e. The zero-order valence-electron chi connectivity index (χ0n) is 23.4. The average Bonchev–Trinajstić information content (AvgIpc) is 3.45. The van der Waals surface area contributed by atoms with Crippen LogP contribution in [-0.2, 0) is 26.2 Å². The second kappa shape index (κ2) is 13.3. The Kier molecular flexibility index (Phi) is 10.00. The first-order valence-electron chi connectivity index (χ1n) is 13.7. The van der Waals surface area contributed by atoms with E-state index in [1.165, 1.54) is 23.1 Å². The second-order valence-corrected chi connectivity index (χ2v) is 13.3. The van der Waals surface area contributed by atoms with Gasteiger partial charge < -0.3 is 10.2 Å². The number of benzene rings is 3. The van der Waals surface area contributed by atoms with Crippen LogP contribution in [0.15, 0.2) is 71.6 Å². The molecule has 1 unspecified atom stereocenters. The van der Waals surface area contributed by atoms with Crippen molar-refractivity contribution in [2.24, 2.45) is 0 Å². The lowest BCUT2D eigenvalue weighted by Crippen LogP contribution is -2.52. The molecule has 7 nitrogen and oxygen atoms in total. The van der Waals surface area contributed by atoms with Gasteiger partial charge >= 0.3 is 0 Å². The van der Waals surface area contributed by atoms with Gasteiger partial charge in [0, 0.05) is 22.6 Å². The molecule has 1 N–H and O–H groups in total. The van der Waals surface area contributed by atoms with Crippen molar-refractivity contribution in [3.05, 3.63) is 93.5 Å². The molecule has 1 atom stereocenters. The quantitative estimate of drug-likeness (QED) is 0.291. The van der Waals surface area contributed by atoms with Crippen molar-refractivity contribution in [3.8, 4) is 0 Å². The average molecular weight is 617 g/mol. The summed E-state index contributed by atoms with van der Waals surface area (Å²) in [6, 6.07) is 17.5. The van der Waals surface area contributed by atoms with E-state index in [-0.39, 0.29) is 29.1 Å². The van der Waals surface area contributed by atoms with Gasteiger partial charge in [-0.05, 0) is 81.1 Å². The Hall–Kier alpha value is -3.07. The second-order valence-electron chi connectivity index (χ2n) is 10.6. The van der Waals surface area contributed by atoms with E-state index in [0.717, 1.165) is 46.7 Å². The van der Waals surface area contributed by atoms with E-state index in [4.69, 9.17) is 23.2 Å². The van der Waals surface area contributed by atoms with Crippen molar-refractivity contribution in [2.75, 3.05) is 10.8 Å². The predicted molar refractivity (Wildman–Crippen MR) is 164 cm³/mol. The highest BCUT2D eigenvalue weighted by atomic mass is 35.5. The lowest BCUT2D eigenvalue weighted by Gasteiger charge is -2.32. The minimum absolute atomic E-state index is 0.0453. The molecule has 10 heteroatoms. The number of carbonyl (C=O) groups is 2. The SMILES string of the molecule is Cc1ccc(S(=O)(=O)N(CC(=O)N(Cc2ccc(Cl)cc2)C(C)C(=O)NC2CCCC2)c2ccc(C)c(Cl)c2)cc1. The maximum absolute atomic E-state index is 14.0. The van der Waals surface area contributed by atoms with E-state index in [9.17, 15) is 18.0 Å². The maximum Gasteiger partial charge on any atom is 0.264 e. The van der Waals surface area contributed by atoms with Gasteiger partial charge in [0.25, 0.3) is 10.0 Å². The fourth-order valence-electron chi connectivity index (χ4n) is 4.86. The lowest BCUT2D eigenvalue weighted by molar-refractivity contribution is -0.139. The van der Waals surface area contributed by atoms with Crippen LogP contribution in [0.1, 0.15) is 49.3 Å². The van der Waals surface area contributed by atoms with Crippen LogP contribution in [0.3, 0.4) is 0 Å². The number of nitrogens with one attached hydrogen (secondary N) is 1. The Morgan fingerprint density at radius 1 is 0.951 bits per heavy atom. The van der Waals surface area contributed by atoms with E-state index in [1.807, 2.05) is 13.8 Å². The molecule has 41 heavy (non-hydrogen) atoms. The van der Waals surface area contributed by atoms with E-state index in [0.29, 0.717) is 10.0 Å². The van der Waals surface area contributed by atoms with Gasteiger partial charge in [0.1, 0.15) is 12.6 Å². The molecule has 0 bridgehead atoms. The summed E-state index contributed by atoms with van der Waals surface area (Å²) in [6.07, 6.45) is 3.91. The van der Waals surface area contributed by atoms with Crippen LogP contribution < -0.4 is 9.62 Å². The minimum atomic E-state index is -4.16. The Morgan fingerprint density at radius 3 is 2.20 bits per heavy atom. The summed E-state index contributed by atoms with van der Waals surface area (Å²) in [4.78, 5) is 28.8. The highest BCUT2D eigenvalue weighted by Gasteiger charge is 2.33.